The first-order valence-corrected chi connectivity index (χ1v) is 9.61. The number of aromatic amines is 1. The van der Waals surface area contributed by atoms with Crippen LogP contribution >= 0.6 is 0 Å². The zero-order chi connectivity index (χ0) is 20.8. The summed E-state index contributed by atoms with van der Waals surface area (Å²) < 4.78 is 14.7. The van der Waals surface area contributed by atoms with Crippen LogP contribution in [0.5, 0.6) is 0 Å². The maximum absolute atomic E-state index is 13.4. The van der Waals surface area contributed by atoms with Crippen LogP contribution in [0.25, 0.3) is 11.3 Å². The van der Waals surface area contributed by atoms with Crippen molar-refractivity contribution in [1.82, 2.24) is 24.9 Å². The zero-order valence-corrected chi connectivity index (χ0v) is 16.6. The van der Waals surface area contributed by atoms with E-state index >= 15 is 0 Å². The van der Waals surface area contributed by atoms with Gasteiger partial charge >= 0.3 is 0 Å². The molecule has 7 nitrogen and oxygen atoms in total. The average Bonchev–Trinajstić information content (AvgIpc) is 3.18. The summed E-state index contributed by atoms with van der Waals surface area (Å²) in [6.07, 6.45) is 2.19. The van der Waals surface area contributed by atoms with Gasteiger partial charge in [-0.1, -0.05) is 19.1 Å². The fraction of sp³-hybridized carbons (Fsp3) is 0.333. The van der Waals surface area contributed by atoms with Crippen LogP contribution in [0.1, 0.15) is 35.9 Å². The van der Waals surface area contributed by atoms with Crippen LogP contribution < -0.4 is 5.56 Å². The van der Waals surface area contributed by atoms with Crippen molar-refractivity contribution >= 4 is 5.91 Å². The molecule has 1 aromatic carbocycles. The number of aromatic nitrogens is 4. The lowest BCUT2D eigenvalue weighted by Gasteiger charge is -2.16. The standard InChI is InChI=1S/C21H24FN5O2/c1-3-11-27-20(28)10-9-18(25-27)21(29)26(2)12-5-8-17-14-19(24-23-17)15-6-4-7-16(22)13-15/h4,6-7,9-10,13-14H,3,5,8,11-12H2,1-2H3,(H,23,24). The Hall–Kier alpha value is -3.29. The van der Waals surface area contributed by atoms with Gasteiger partial charge in [0.25, 0.3) is 11.5 Å². The van der Waals surface area contributed by atoms with Gasteiger partial charge in [0, 0.05) is 37.5 Å². The Labute approximate surface area is 168 Å². The number of hydrogen-bond donors (Lipinski definition) is 1. The number of carbonyl (C=O) groups excluding carboxylic acids is 1. The second-order valence-electron chi connectivity index (χ2n) is 6.90. The van der Waals surface area contributed by atoms with E-state index in [1.54, 1.807) is 24.1 Å². The Bertz CT molecular complexity index is 1040. The van der Waals surface area contributed by atoms with Gasteiger partial charge in [-0.05, 0) is 43.5 Å². The SMILES string of the molecule is CCCn1nc(C(=O)N(C)CCCc2cc(-c3cccc(F)c3)n[nH]2)ccc1=O. The van der Waals surface area contributed by atoms with E-state index < -0.39 is 0 Å². The number of halogens is 1. The van der Waals surface area contributed by atoms with Crippen LogP contribution in [-0.2, 0) is 13.0 Å². The summed E-state index contributed by atoms with van der Waals surface area (Å²) in [7, 11) is 1.71. The molecular formula is C21H24FN5O2. The summed E-state index contributed by atoms with van der Waals surface area (Å²) in [6, 6.07) is 11.0. The van der Waals surface area contributed by atoms with Crippen molar-refractivity contribution in [1.29, 1.82) is 0 Å². The number of nitrogens with zero attached hydrogens (tertiary/aromatic N) is 4. The van der Waals surface area contributed by atoms with Gasteiger partial charge in [0.1, 0.15) is 11.5 Å². The van der Waals surface area contributed by atoms with Gasteiger partial charge in [-0.2, -0.15) is 10.2 Å². The van der Waals surface area contributed by atoms with Crippen molar-refractivity contribution in [2.24, 2.45) is 0 Å². The molecule has 1 amide bonds. The first-order chi connectivity index (χ1) is 14.0. The van der Waals surface area contributed by atoms with Crippen molar-refractivity contribution in [3.63, 3.8) is 0 Å². The number of benzene rings is 1. The molecule has 0 fully saturated rings. The van der Waals surface area contributed by atoms with Crippen LogP contribution in [0, 0.1) is 5.82 Å². The normalized spacial score (nSPS) is 10.9. The maximum Gasteiger partial charge on any atom is 0.274 e. The number of nitrogens with one attached hydrogen (secondary N) is 1. The molecular weight excluding hydrogens is 373 g/mol. The molecule has 0 aliphatic rings. The lowest BCUT2D eigenvalue weighted by Crippen LogP contribution is -2.32. The van der Waals surface area contributed by atoms with Crippen LogP contribution in [-0.4, -0.2) is 44.4 Å². The fourth-order valence-electron chi connectivity index (χ4n) is 3.02. The quantitative estimate of drug-likeness (QED) is 0.633. The Kier molecular flexibility index (Phi) is 6.54. The Morgan fingerprint density at radius 1 is 1.24 bits per heavy atom. The number of carbonyl (C=O) groups is 1. The van der Waals surface area contributed by atoms with E-state index in [0.29, 0.717) is 30.8 Å². The Balaban J connectivity index is 1.56. The Morgan fingerprint density at radius 2 is 2.07 bits per heavy atom. The van der Waals surface area contributed by atoms with Crippen molar-refractivity contribution < 1.29 is 9.18 Å². The molecule has 0 spiro atoms. The van der Waals surface area contributed by atoms with E-state index in [9.17, 15) is 14.0 Å². The summed E-state index contributed by atoms with van der Waals surface area (Å²) in [5, 5.41) is 11.3. The van der Waals surface area contributed by atoms with Crippen LogP contribution in [0.4, 0.5) is 4.39 Å². The highest BCUT2D eigenvalue weighted by Crippen LogP contribution is 2.19. The molecule has 2 heterocycles. The molecule has 0 atom stereocenters. The molecule has 2 aromatic heterocycles. The van der Waals surface area contributed by atoms with Gasteiger partial charge in [0.05, 0.1) is 5.69 Å². The molecule has 0 unspecified atom stereocenters. The lowest BCUT2D eigenvalue weighted by molar-refractivity contribution is 0.0784. The highest BCUT2D eigenvalue weighted by Gasteiger charge is 2.14. The summed E-state index contributed by atoms with van der Waals surface area (Å²) in [6.45, 7) is 2.96. The van der Waals surface area contributed by atoms with Crippen molar-refractivity contribution in [2.45, 2.75) is 32.7 Å². The smallest absolute Gasteiger partial charge is 0.274 e. The number of rotatable bonds is 8. The van der Waals surface area contributed by atoms with Gasteiger partial charge < -0.3 is 4.90 Å². The summed E-state index contributed by atoms with van der Waals surface area (Å²) in [5.74, 6) is -0.522. The molecule has 3 aromatic rings. The summed E-state index contributed by atoms with van der Waals surface area (Å²) in [4.78, 5) is 25.9. The van der Waals surface area contributed by atoms with E-state index in [0.717, 1.165) is 18.5 Å². The van der Waals surface area contributed by atoms with Gasteiger partial charge in [-0.15, -0.1) is 0 Å². The molecule has 1 N–H and O–H groups in total. The number of aryl methyl sites for hydroxylation is 2. The highest BCUT2D eigenvalue weighted by molar-refractivity contribution is 5.91. The zero-order valence-electron chi connectivity index (χ0n) is 16.6. The molecule has 0 saturated heterocycles. The summed E-state index contributed by atoms with van der Waals surface area (Å²) in [5.41, 5.74) is 2.37. The van der Waals surface area contributed by atoms with E-state index in [1.807, 2.05) is 13.0 Å². The monoisotopic (exact) mass is 397 g/mol. The second kappa shape index (κ2) is 9.27. The molecule has 152 valence electrons. The van der Waals surface area contributed by atoms with E-state index in [1.165, 1.54) is 28.9 Å². The third-order valence-corrected chi connectivity index (χ3v) is 4.56. The molecule has 8 heteroatoms. The molecule has 0 radical (unpaired) electrons. The summed E-state index contributed by atoms with van der Waals surface area (Å²) >= 11 is 0. The third-order valence-electron chi connectivity index (χ3n) is 4.56. The molecule has 0 aliphatic carbocycles. The highest BCUT2D eigenvalue weighted by atomic mass is 19.1. The molecule has 29 heavy (non-hydrogen) atoms. The Morgan fingerprint density at radius 3 is 2.83 bits per heavy atom. The molecule has 0 saturated carbocycles. The van der Waals surface area contributed by atoms with Gasteiger partial charge in [0.2, 0.25) is 0 Å². The van der Waals surface area contributed by atoms with Crippen molar-refractivity contribution in [3.05, 3.63) is 70.0 Å². The predicted octanol–water partition coefficient (Wildman–Crippen LogP) is 2.89. The second-order valence-corrected chi connectivity index (χ2v) is 6.90. The van der Waals surface area contributed by atoms with Gasteiger partial charge in [-0.3, -0.25) is 14.7 Å². The van der Waals surface area contributed by atoms with Crippen LogP contribution in [0.15, 0.2) is 47.3 Å². The van der Waals surface area contributed by atoms with Gasteiger partial charge in [-0.25, -0.2) is 9.07 Å². The van der Waals surface area contributed by atoms with Crippen LogP contribution in [0.3, 0.4) is 0 Å². The van der Waals surface area contributed by atoms with Gasteiger partial charge in [0.15, 0.2) is 0 Å². The maximum atomic E-state index is 13.4. The molecule has 3 rings (SSSR count). The van der Waals surface area contributed by atoms with Crippen molar-refractivity contribution in [2.75, 3.05) is 13.6 Å². The largest absolute Gasteiger partial charge is 0.340 e. The minimum Gasteiger partial charge on any atom is -0.340 e. The number of H-pyrrole nitrogens is 1. The predicted molar refractivity (Wildman–Crippen MR) is 108 cm³/mol. The first kappa shape index (κ1) is 20.4. The average molecular weight is 397 g/mol. The topological polar surface area (TPSA) is 83.9 Å². The van der Waals surface area contributed by atoms with Crippen LogP contribution in [0.2, 0.25) is 0 Å². The minimum atomic E-state index is -0.300. The molecule has 0 aliphatic heterocycles. The fourth-order valence-corrected chi connectivity index (χ4v) is 3.02. The number of hydrogen-bond acceptors (Lipinski definition) is 4. The number of amides is 1. The lowest BCUT2D eigenvalue weighted by atomic mass is 10.1. The first-order valence-electron chi connectivity index (χ1n) is 9.61. The third kappa shape index (κ3) is 5.16. The molecule has 0 bridgehead atoms. The van der Waals surface area contributed by atoms with Crippen molar-refractivity contribution in [3.8, 4) is 11.3 Å². The minimum absolute atomic E-state index is 0.209. The van der Waals surface area contributed by atoms with E-state index in [2.05, 4.69) is 15.3 Å². The van der Waals surface area contributed by atoms with E-state index in [-0.39, 0.29) is 23.0 Å². The van der Waals surface area contributed by atoms with E-state index in [4.69, 9.17) is 0 Å².